The highest BCUT2D eigenvalue weighted by molar-refractivity contribution is 9.10. The van der Waals surface area contributed by atoms with Gasteiger partial charge in [-0.15, -0.1) is 0 Å². The molecule has 0 aliphatic heterocycles. The third-order valence-electron chi connectivity index (χ3n) is 3.37. The van der Waals surface area contributed by atoms with E-state index in [1.807, 2.05) is 0 Å². The summed E-state index contributed by atoms with van der Waals surface area (Å²) in [5.41, 5.74) is -2.38. The van der Waals surface area contributed by atoms with E-state index >= 15 is 0 Å². The summed E-state index contributed by atoms with van der Waals surface area (Å²) in [6, 6.07) is 0. The minimum Gasteiger partial charge on any atom is -0.211 e. The van der Waals surface area contributed by atoms with Crippen molar-refractivity contribution < 1.29 is 22.4 Å². The number of hydrogen-bond acceptors (Lipinski definition) is 2. The first-order valence-corrected chi connectivity index (χ1v) is 6.35. The van der Waals surface area contributed by atoms with Crippen LogP contribution in [0.3, 0.4) is 0 Å². The number of aliphatic imine (C=N–C) groups is 1. The second kappa shape index (κ2) is 5.06. The van der Waals surface area contributed by atoms with Gasteiger partial charge in [0.1, 0.15) is 5.54 Å². The molecule has 0 saturated heterocycles. The fourth-order valence-corrected chi connectivity index (χ4v) is 2.83. The Balaban J connectivity index is 2.78. The van der Waals surface area contributed by atoms with Gasteiger partial charge in [-0.25, -0.2) is 22.4 Å². The Morgan fingerprint density at radius 3 is 1.89 bits per heavy atom. The Morgan fingerprint density at radius 1 is 1.00 bits per heavy atom. The molecule has 1 fully saturated rings. The van der Waals surface area contributed by atoms with Gasteiger partial charge in [-0.05, 0) is 28.8 Å². The quantitative estimate of drug-likeness (QED) is 0.262. The van der Waals surface area contributed by atoms with E-state index in [0.717, 1.165) is 0 Å². The van der Waals surface area contributed by atoms with Gasteiger partial charge in [0.05, 0.1) is 10.0 Å². The zero-order chi connectivity index (χ0) is 14.2. The fourth-order valence-electron chi connectivity index (χ4n) is 2.48. The van der Waals surface area contributed by atoms with Crippen LogP contribution in [0.5, 0.6) is 0 Å². The van der Waals surface area contributed by atoms with Gasteiger partial charge < -0.3 is 0 Å². The van der Waals surface area contributed by atoms with E-state index in [1.54, 1.807) is 0 Å². The van der Waals surface area contributed by atoms with Crippen molar-refractivity contribution in [3.63, 3.8) is 0 Å². The third-order valence-corrected chi connectivity index (χ3v) is 4.06. The lowest BCUT2D eigenvalue weighted by Gasteiger charge is -2.24. The summed E-state index contributed by atoms with van der Waals surface area (Å²) in [7, 11) is 0. The van der Waals surface area contributed by atoms with Crippen LogP contribution >= 0.6 is 15.9 Å². The number of carbonyl (C=O) groups excluding carboxylic acids is 1. The highest BCUT2D eigenvalue weighted by Crippen LogP contribution is 2.46. The van der Waals surface area contributed by atoms with Gasteiger partial charge in [-0.3, -0.25) is 0 Å². The number of isocyanates is 1. The molecule has 0 atom stereocenters. The second-order valence-corrected chi connectivity index (χ2v) is 5.18. The van der Waals surface area contributed by atoms with Crippen molar-refractivity contribution in [1.82, 2.24) is 0 Å². The van der Waals surface area contributed by atoms with E-state index in [-0.39, 0.29) is 12.8 Å². The summed E-state index contributed by atoms with van der Waals surface area (Å²) in [6.45, 7) is 0. The van der Waals surface area contributed by atoms with Crippen LogP contribution in [0.25, 0.3) is 0 Å². The molecule has 1 aromatic rings. The molecule has 0 N–H and O–H groups in total. The predicted molar refractivity (Wildman–Crippen MR) is 62.2 cm³/mol. The summed E-state index contributed by atoms with van der Waals surface area (Å²) >= 11 is 2.44. The van der Waals surface area contributed by atoms with Crippen LogP contribution in [0.4, 0.5) is 17.6 Å². The van der Waals surface area contributed by atoms with E-state index < -0.39 is 38.8 Å². The predicted octanol–water partition coefficient (Wildman–Crippen LogP) is 4.11. The fraction of sp³-hybridized carbons (Fsp3) is 0.417. The van der Waals surface area contributed by atoms with Crippen molar-refractivity contribution in [1.29, 1.82) is 0 Å². The zero-order valence-corrected chi connectivity index (χ0v) is 11.2. The summed E-state index contributed by atoms with van der Waals surface area (Å²) in [6.07, 6.45) is 2.66. The molecule has 1 aliphatic carbocycles. The average molecular weight is 338 g/mol. The number of nitrogens with zero attached hydrogens (tertiary/aromatic N) is 1. The largest absolute Gasteiger partial charge is 0.235 e. The molecule has 0 spiro atoms. The van der Waals surface area contributed by atoms with Crippen LogP contribution in [0.2, 0.25) is 0 Å². The van der Waals surface area contributed by atoms with Crippen LogP contribution in [0.15, 0.2) is 9.47 Å². The van der Waals surface area contributed by atoms with Gasteiger partial charge in [0.25, 0.3) is 0 Å². The standard InChI is InChI=1S/C12H8BrF4NO/c13-7-10(16)8(14)6(9(15)11(7)17)12(18-5-19)3-1-2-4-12/h1-4H2. The van der Waals surface area contributed by atoms with Gasteiger partial charge in [0.15, 0.2) is 23.3 Å². The van der Waals surface area contributed by atoms with Crippen molar-refractivity contribution in [2.24, 2.45) is 4.99 Å². The molecule has 0 unspecified atom stereocenters. The van der Waals surface area contributed by atoms with Crippen LogP contribution in [-0.2, 0) is 10.3 Å². The normalized spacial score (nSPS) is 17.3. The summed E-state index contributed by atoms with van der Waals surface area (Å²) in [5, 5.41) is 0. The molecule has 19 heavy (non-hydrogen) atoms. The molecular formula is C12H8BrF4NO. The minimum atomic E-state index is -1.56. The van der Waals surface area contributed by atoms with Gasteiger partial charge in [-0.1, -0.05) is 12.8 Å². The van der Waals surface area contributed by atoms with E-state index in [2.05, 4.69) is 20.9 Å². The molecule has 102 valence electrons. The Labute approximate surface area is 114 Å². The Kier molecular flexibility index (Phi) is 3.78. The third kappa shape index (κ3) is 2.11. The van der Waals surface area contributed by atoms with Crippen molar-refractivity contribution in [3.8, 4) is 0 Å². The maximum atomic E-state index is 13.9. The lowest BCUT2D eigenvalue weighted by Crippen LogP contribution is -2.24. The first-order valence-electron chi connectivity index (χ1n) is 5.55. The van der Waals surface area contributed by atoms with Crippen LogP contribution < -0.4 is 0 Å². The monoisotopic (exact) mass is 337 g/mol. The van der Waals surface area contributed by atoms with Gasteiger partial charge in [0.2, 0.25) is 6.08 Å². The average Bonchev–Trinajstić information content (AvgIpc) is 2.84. The highest BCUT2D eigenvalue weighted by atomic mass is 79.9. The van der Waals surface area contributed by atoms with Crippen molar-refractivity contribution in [2.75, 3.05) is 0 Å². The molecule has 0 aromatic heterocycles. The summed E-state index contributed by atoms with van der Waals surface area (Å²) in [5.74, 6) is -6.10. The molecular weight excluding hydrogens is 330 g/mol. The Bertz CT molecular complexity index is 549. The van der Waals surface area contributed by atoms with Crippen molar-refractivity contribution >= 4 is 22.0 Å². The molecule has 1 saturated carbocycles. The van der Waals surface area contributed by atoms with E-state index in [9.17, 15) is 22.4 Å². The summed E-state index contributed by atoms with van der Waals surface area (Å²) < 4.78 is 54.0. The molecule has 1 aliphatic rings. The maximum absolute atomic E-state index is 13.9. The number of benzene rings is 1. The number of rotatable bonds is 2. The van der Waals surface area contributed by atoms with E-state index in [0.29, 0.717) is 12.8 Å². The second-order valence-electron chi connectivity index (χ2n) is 4.39. The first-order chi connectivity index (χ1) is 8.94. The Hall–Kier alpha value is -1.20. The molecule has 0 radical (unpaired) electrons. The van der Waals surface area contributed by atoms with Crippen LogP contribution in [0, 0.1) is 23.3 Å². The van der Waals surface area contributed by atoms with Gasteiger partial charge in [0, 0.05) is 0 Å². The lowest BCUT2D eigenvalue weighted by atomic mass is 9.87. The Morgan fingerprint density at radius 2 is 1.47 bits per heavy atom. The van der Waals surface area contributed by atoms with Gasteiger partial charge in [-0.2, -0.15) is 4.99 Å². The maximum Gasteiger partial charge on any atom is 0.235 e. The molecule has 2 rings (SSSR count). The minimum absolute atomic E-state index is 0.149. The number of halogens is 5. The van der Waals surface area contributed by atoms with E-state index in [1.165, 1.54) is 6.08 Å². The molecule has 2 nitrogen and oxygen atoms in total. The smallest absolute Gasteiger partial charge is 0.211 e. The molecule has 0 heterocycles. The van der Waals surface area contributed by atoms with Crippen molar-refractivity contribution in [3.05, 3.63) is 33.3 Å². The molecule has 0 bridgehead atoms. The van der Waals surface area contributed by atoms with E-state index in [4.69, 9.17) is 0 Å². The molecule has 0 amide bonds. The highest BCUT2D eigenvalue weighted by Gasteiger charge is 2.43. The molecule has 7 heteroatoms. The number of hydrogen-bond donors (Lipinski definition) is 0. The lowest BCUT2D eigenvalue weighted by molar-refractivity contribution is 0.364. The van der Waals surface area contributed by atoms with Crippen LogP contribution in [0.1, 0.15) is 31.2 Å². The summed E-state index contributed by atoms with van der Waals surface area (Å²) in [4.78, 5) is 13.9. The topological polar surface area (TPSA) is 29.4 Å². The molecule has 1 aromatic carbocycles. The van der Waals surface area contributed by atoms with Crippen molar-refractivity contribution in [2.45, 2.75) is 31.2 Å². The van der Waals surface area contributed by atoms with Crippen LogP contribution in [-0.4, -0.2) is 6.08 Å². The first kappa shape index (κ1) is 14.2. The van der Waals surface area contributed by atoms with Gasteiger partial charge >= 0.3 is 0 Å². The SMILES string of the molecule is O=C=NC1(c2c(F)c(F)c(Br)c(F)c2F)CCCC1. The zero-order valence-electron chi connectivity index (χ0n) is 9.57.